The Morgan fingerprint density at radius 1 is 0.696 bits per heavy atom. The molecule has 4 rings (SSSR count). The molecule has 2 nitrogen and oxygen atoms in total. The number of hydrogen-bond acceptors (Lipinski definition) is 4. The van der Waals surface area contributed by atoms with Gasteiger partial charge in [0.25, 0.3) is 0 Å². The minimum Gasteiger partial charge on any atom is -0.218 e. The van der Waals surface area contributed by atoms with Crippen LogP contribution in [0, 0.1) is 0 Å². The Hall–Kier alpha value is -1.95. The summed E-state index contributed by atoms with van der Waals surface area (Å²) in [6.07, 6.45) is 3.54. The van der Waals surface area contributed by atoms with E-state index in [1.165, 1.54) is 22.7 Å². The minimum atomic E-state index is -3.50. The van der Waals surface area contributed by atoms with E-state index in [0.717, 1.165) is 20.9 Å². The maximum absolute atomic E-state index is 13.1. The van der Waals surface area contributed by atoms with Crippen LogP contribution < -0.4 is 0 Å². The number of rotatable bonds is 2. The van der Waals surface area contributed by atoms with Crippen molar-refractivity contribution in [2.24, 2.45) is 0 Å². The number of fused-ring (bicyclic) bond motifs is 1. The van der Waals surface area contributed by atoms with Crippen LogP contribution in [-0.2, 0) is 9.84 Å². The fraction of sp³-hybridized carbons (Fsp3) is 0. The quantitative estimate of drug-likeness (QED) is 0.630. The summed E-state index contributed by atoms with van der Waals surface area (Å²) in [5, 5.41) is 3.89. The Balaban J connectivity index is 1.97. The first-order chi connectivity index (χ1) is 11.2. The molecular formula is C18H12O2S3. The van der Waals surface area contributed by atoms with Crippen molar-refractivity contribution >= 4 is 54.5 Å². The van der Waals surface area contributed by atoms with Gasteiger partial charge in [-0.15, -0.1) is 22.7 Å². The predicted molar refractivity (Wildman–Crippen MR) is 99.7 cm³/mol. The van der Waals surface area contributed by atoms with Crippen molar-refractivity contribution in [3.05, 3.63) is 80.2 Å². The molecule has 1 aliphatic rings. The number of hydrogen-bond donors (Lipinski definition) is 0. The summed E-state index contributed by atoms with van der Waals surface area (Å²) in [6, 6.07) is 15.2. The summed E-state index contributed by atoms with van der Waals surface area (Å²) in [5.74, 6) is 0. The predicted octanol–water partition coefficient (Wildman–Crippen LogP) is 5.23. The topological polar surface area (TPSA) is 34.1 Å². The van der Waals surface area contributed by atoms with Crippen molar-refractivity contribution in [3.8, 4) is 0 Å². The van der Waals surface area contributed by atoms with Gasteiger partial charge in [-0.1, -0.05) is 36.4 Å². The van der Waals surface area contributed by atoms with Gasteiger partial charge in [0.05, 0.1) is 9.81 Å². The Morgan fingerprint density at radius 3 is 1.57 bits per heavy atom. The highest BCUT2D eigenvalue weighted by molar-refractivity contribution is 8.10. The van der Waals surface area contributed by atoms with Crippen LogP contribution >= 0.6 is 22.7 Å². The maximum atomic E-state index is 13.1. The van der Waals surface area contributed by atoms with Crippen LogP contribution in [0.25, 0.3) is 22.0 Å². The van der Waals surface area contributed by atoms with Crippen LogP contribution in [0.1, 0.15) is 20.9 Å². The first kappa shape index (κ1) is 14.6. The molecule has 23 heavy (non-hydrogen) atoms. The molecule has 3 aromatic rings. The highest BCUT2D eigenvalue weighted by Gasteiger charge is 2.36. The molecule has 0 saturated carbocycles. The van der Waals surface area contributed by atoms with Crippen molar-refractivity contribution < 1.29 is 8.42 Å². The highest BCUT2D eigenvalue weighted by Crippen LogP contribution is 2.45. The first-order valence-electron chi connectivity index (χ1n) is 7.01. The van der Waals surface area contributed by atoms with Crippen LogP contribution in [0.5, 0.6) is 0 Å². The van der Waals surface area contributed by atoms with Gasteiger partial charge in [-0.05, 0) is 35.0 Å². The SMILES string of the molecule is O=S1(=O)/C(=C/c2cccs2)c2ccccc2/C1=C\c1cccs1. The second-order valence-electron chi connectivity index (χ2n) is 5.10. The van der Waals surface area contributed by atoms with Gasteiger partial charge in [-0.3, -0.25) is 0 Å². The summed E-state index contributed by atoms with van der Waals surface area (Å²) >= 11 is 3.07. The van der Waals surface area contributed by atoms with Crippen LogP contribution in [0.2, 0.25) is 0 Å². The molecule has 3 heterocycles. The summed E-state index contributed by atoms with van der Waals surface area (Å²) in [5.41, 5.74) is 1.56. The number of thiophene rings is 2. The Kier molecular flexibility index (Phi) is 3.56. The van der Waals surface area contributed by atoms with E-state index in [1.807, 2.05) is 59.3 Å². The lowest BCUT2D eigenvalue weighted by atomic mass is 10.1. The van der Waals surface area contributed by atoms with Gasteiger partial charge in [0.2, 0.25) is 9.84 Å². The van der Waals surface area contributed by atoms with E-state index in [9.17, 15) is 8.42 Å². The molecule has 1 aromatic carbocycles. The molecule has 0 fully saturated rings. The molecule has 0 unspecified atom stereocenters. The molecule has 0 atom stereocenters. The van der Waals surface area contributed by atoms with Gasteiger partial charge >= 0.3 is 0 Å². The van der Waals surface area contributed by atoms with E-state index in [0.29, 0.717) is 9.81 Å². The van der Waals surface area contributed by atoms with E-state index in [2.05, 4.69) is 0 Å². The molecule has 0 spiro atoms. The third-order valence-electron chi connectivity index (χ3n) is 3.67. The van der Waals surface area contributed by atoms with Crippen LogP contribution in [0.3, 0.4) is 0 Å². The van der Waals surface area contributed by atoms with E-state index in [4.69, 9.17) is 0 Å². The summed E-state index contributed by atoms with van der Waals surface area (Å²) in [4.78, 5) is 2.66. The second kappa shape index (κ2) is 5.60. The fourth-order valence-corrected chi connectivity index (χ4v) is 5.84. The smallest absolute Gasteiger partial charge is 0.207 e. The van der Waals surface area contributed by atoms with Crippen LogP contribution in [0.4, 0.5) is 0 Å². The summed E-state index contributed by atoms with van der Waals surface area (Å²) in [6.45, 7) is 0. The molecule has 0 radical (unpaired) electrons. The lowest BCUT2D eigenvalue weighted by Gasteiger charge is -1.99. The zero-order valence-corrected chi connectivity index (χ0v) is 14.4. The van der Waals surface area contributed by atoms with Gasteiger partial charge in [-0.25, -0.2) is 8.42 Å². The second-order valence-corrected chi connectivity index (χ2v) is 8.94. The monoisotopic (exact) mass is 356 g/mol. The molecule has 0 saturated heterocycles. The van der Waals surface area contributed by atoms with Gasteiger partial charge in [0, 0.05) is 20.9 Å². The maximum Gasteiger partial charge on any atom is 0.207 e. The van der Waals surface area contributed by atoms with Gasteiger partial charge in [0.1, 0.15) is 0 Å². The Labute approximate surface area is 143 Å². The Morgan fingerprint density at radius 2 is 1.17 bits per heavy atom. The molecule has 0 amide bonds. The third-order valence-corrected chi connectivity index (χ3v) is 7.14. The standard InChI is InChI=1S/C18H12O2S3/c19-23(20)17(11-13-5-3-9-21-13)15-7-1-2-8-16(15)18(23)12-14-6-4-10-22-14/h1-12H/b17-11+,18-12+. The molecule has 0 bridgehead atoms. The lowest BCUT2D eigenvalue weighted by Crippen LogP contribution is -1.95. The summed E-state index contributed by atoms with van der Waals surface area (Å²) < 4.78 is 26.2. The zero-order chi connectivity index (χ0) is 15.9. The normalized spacial score (nSPS) is 19.3. The largest absolute Gasteiger partial charge is 0.218 e. The number of sulfone groups is 1. The lowest BCUT2D eigenvalue weighted by molar-refractivity contribution is 0.616. The molecule has 0 aliphatic carbocycles. The van der Waals surface area contributed by atoms with Crippen molar-refractivity contribution in [2.75, 3.05) is 0 Å². The molecule has 5 heteroatoms. The van der Waals surface area contributed by atoms with E-state index < -0.39 is 9.84 Å². The van der Waals surface area contributed by atoms with Crippen molar-refractivity contribution in [1.82, 2.24) is 0 Å². The molecule has 114 valence electrons. The van der Waals surface area contributed by atoms with E-state index in [1.54, 1.807) is 12.2 Å². The summed E-state index contributed by atoms with van der Waals surface area (Å²) in [7, 11) is -3.50. The average molecular weight is 356 g/mol. The number of benzene rings is 1. The van der Waals surface area contributed by atoms with Gasteiger partial charge < -0.3 is 0 Å². The van der Waals surface area contributed by atoms with Crippen molar-refractivity contribution in [3.63, 3.8) is 0 Å². The minimum absolute atomic E-state index is 0.387. The zero-order valence-electron chi connectivity index (χ0n) is 12.0. The molecule has 0 N–H and O–H groups in total. The van der Waals surface area contributed by atoms with E-state index >= 15 is 0 Å². The molecular weight excluding hydrogens is 344 g/mol. The first-order valence-corrected chi connectivity index (χ1v) is 10.3. The molecule has 1 aliphatic heterocycles. The van der Waals surface area contributed by atoms with Gasteiger partial charge in [-0.2, -0.15) is 0 Å². The van der Waals surface area contributed by atoms with Crippen molar-refractivity contribution in [1.29, 1.82) is 0 Å². The van der Waals surface area contributed by atoms with Crippen LogP contribution in [-0.4, -0.2) is 8.42 Å². The molecule has 2 aromatic heterocycles. The third kappa shape index (κ3) is 2.51. The van der Waals surface area contributed by atoms with Crippen molar-refractivity contribution in [2.45, 2.75) is 0 Å². The van der Waals surface area contributed by atoms with E-state index in [-0.39, 0.29) is 0 Å². The average Bonchev–Trinajstić information content (AvgIpc) is 3.26. The van der Waals surface area contributed by atoms with Gasteiger partial charge in [0.15, 0.2) is 0 Å². The fourth-order valence-electron chi connectivity index (χ4n) is 2.64. The van der Waals surface area contributed by atoms with Crippen LogP contribution in [0.15, 0.2) is 59.3 Å². The Bertz CT molecular complexity index is 929. The highest BCUT2D eigenvalue weighted by atomic mass is 32.2.